The summed E-state index contributed by atoms with van der Waals surface area (Å²) in [4.78, 5) is 0. The van der Waals surface area contributed by atoms with Crippen LogP contribution in [0.25, 0.3) is 0 Å². The van der Waals surface area contributed by atoms with Gasteiger partial charge in [-0.2, -0.15) is 0 Å². The van der Waals surface area contributed by atoms with Crippen molar-refractivity contribution < 1.29 is 5.11 Å². The molecule has 0 spiro atoms. The van der Waals surface area contributed by atoms with Gasteiger partial charge in [0, 0.05) is 16.6 Å². The zero-order valence-electron chi connectivity index (χ0n) is 10.1. The zero-order valence-corrected chi connectivity index (χ0v) is 11.7. The van der Waals surface area contributed by atoms with Gasteiger partial charge in [-0.05, 0) is 38.0 Å². The molecule has 3 heteroatoms. The molecule has 1 aromatic rings. The first-order valence-electron chi connectivity index (χ1n) is 5.74. The summed E-state index contributed by atoms with van der Waals surface area (Å²) in [5.74, 6) is 0. The van der Waals surface area contributed by atoms with Gasteiger partial charge in [-0.1, -0.05) is 35.0 Å². The van der Waals surface area contributed by atoms with E-state index in [9.17, 15) is 5.11 Å². The fourth-order valence-electron chi connectivity index (χ4n) is 1.61. The predicted molar refractivity (Wildman–Crippen MR) is 71.5 cm³/mol. The summed E-state index contributed by atoms with van der Waals surface area (Å²) in [6, 6.07) is 8.30. The van der Waals surface area contributed by atoms with Gasteiger partial charge in [0.05, 0.1) is 6.10 Å². The van der Waals surface area contributed by atoms with Crippen LogP contribution in [-0.4, -0.2) is 17.2 Å². The Hall–Kier alpha value is -0.380. The predicted octanol–water partition coefficient (Wildman–Crippen LogP) is 3.26. The molecule has 0 aliphatic heterocycles. The lowest BCUT2D eigenvalue weighted by Crippen LogP contribution is -2.38. The van der Waals surface area contributed by atoms with E-state index in [0.29, 0.717) is 6.04 Å². The van der Waals surface area contributed by atoms with Gasteiger partial charge in [0.25, 0.3) is 0 Å². The van der Waals surface area contributed by atoms with Crippen molar-refractivity contribution in [2.24, 2.45) is 0 Å². The summed E-state index contributed by atoms with van der Waals surface area (Å²) in [6.07, 6.45) is 0.610. The molecule has 3 unspecified atom stereocenters. The lowest BCUT2D eigenvalue weighted by molar-refractivity contribution is 0.130. The van der Waals surface area contributed by atoms with Crippen molar-refractivity contribution in [3.63, 3.8) is 0 Å². The van der Waals surface area contributed by atoms with Crippen LogP contribution in [0.2, 0.25) is 0 Å². The first-order chi connectivity index (χ1) is 7.54. The molecule has 0 saturated carbocycles. The Bertz CT molecular complexity index is 312. The molecule has 1 rings (SSSR count). The molecule has 0 amide bonds. The summed E-state index contributed by atoms with van der Waals surface area (Å²) in [5.41, 5.74) is 0.950. The number of hydrogen-bond acceptors (Lipinski definition) is 2. The van der Waals surface area contributed by atoms with Crippen LogP contribution in [0, 0.1) is 0 Å². The average molecular weight is 286 g/mol. The molecule has 0 aliphatic rings. The third kappa shape index (κ3) is 3.89. The van der Waals surface area contributed by atoms with Crippen LogP contribution in [0.3, 0.4) is 0 Å². The maximum Gasteiger partial charge on any atom is 0.0940 e. The van der Waals surface area contributed by atoms with E-state index in [-0.39, 0.29) is 6.04 Å². The third-order valence-corrected chi connectivity index (χ3v) is 3.37. The zero-order chi connectivity index (χ0) is 12.1. The van der Waals surface area contributed by atoms with Gasteiger partial charge in [-0.25, -0.2) is 0 Å². The largest absolute Gasteiger partial charge is 0.387 e. The number of aliphatic hydroxyl groups excluding tert-OH is 1. The third-order valence-electron chi connectivity index (χ3n) is 2.84. The molecule has 1 aromatic carbocycles. The Kier molecular flexibility index (Phi) is 5.46. The van der Waals surface area contributed by atoms with Crippen LogP contribution >= 0.6 is 15.9 Å². The van der Waals surface area contributed by atoms with Crippen LogP contribution in [0.1, 0.15) is 38.9 Å². The summed E-state index contributed by atoms with van der Waals surface area (Å²) < 4.78 is 1.03. The molecule has 0 aliphatic carbocycles. The first kappa shape index (κ1) is 13.7. The average Bonchev–Trinajstić information content (AvgIpc) is 2.28. The Morgan fingerprint density at radius 1 is 1.25 bits per heavy atom. The van der Waals surface area contributed by atoms with Crippen molar-refractivity contribution in [1.82, 2.24) is 5.32 Å². The molecule has 90 valence electrons. The summed E-state index contributed by atoms with van der Waals surface area (Å²) in [6.45, 7) is 6.28. The van der Waals surface area contributed by atoms with Gasteiger partial charge >= 0.3 is 0 Å². The molecular weight excluding hydrogens is 266 g/mol. The normalized spacial score (nSPS) is 16.8. The number of rotatable bonds is 5. The van der Waals surface area contributed by atoms with Crippen LogP contribution in [0.4, 0.5) is 0 Å². The minimum atomic E-state index is -0.456. The number of aliphatic hydroxyl groups is 1. The maximum atomic E-state index is 10.1. The van der Waals surface area contributed by atoms with Crippen LogP contribution in [0.5, 0.6) is 0 Å². The van der Waals surface area contributed by atoms with Crippen molar-refractivity contribution in [2.75, 3.05) is 0 Å². The van der Waals surface area contributed by atoms with Crippen molar-refractivity contribution in [3.8, 4) is 0 Å². The molecule has 0 radical (unpaired) electrons. The Morgan fingerprint density at radius 2 is 1.81 bits per heavy atom. The molecule has 2 nitrogen and oxygen atoms in total. The van der Waals surface area contributed by atoms with Crippen LogP contribution < -0.4 is 5.32 Å². The minimum absolute atomic E-state index is 0.0659. The standard InChI is InChI=1S/C13H20BrNO/c1-4-9(2)15-10(3)13(16)11-5-7-12(14)8-6-11/h5-10,13,15-16H,4H2,1-3H3. The van der Waals surface area contributed by atoms with E-state index in [2.05, 4.69) is 35.1 Å². The molecule has 2 N–H and O–H groups in total. The molecule has 0 bridgehead atoms. The second-order valence-corrected chi connectivity index (χ2v) is 5.18. The molecule has 0 heterocycles. The van der Waals surface area contributed by atoms with Gasteiger partial charge in [0.1, 0.15) is 0 Å². The van der Waals surface area contributed by atoms with E-state index in [1.54, 1.807) is 0 Å². The van der Waals surface area contributed by atoms with E-state index in [0.717, 1.165) is 16.5 Å². The van der Waals surface area contributed by atoms with Gasteiger partial charge in [0.15, 0.2) is 0 Å². The van der Waals surface area contributed by atoms with Gasteiger partial charge in [-0.15, -0.1) is 0 Å². The second kappa shape index (κ2) is 6.38. The molecule has 0 aromatic heterocycles. The van der Waals surface area contributed by atoms with Crippen LogP contribution in [-0.2, 0) is 0 Å². The van der Waals surface area contributed by atoms with Gasteiger partial charge < -0.3 is 10.4 Å². The van der Waals surface area contributed by atoms with Crippen molar-refractivity contribution in [3.05, 3.63) is 34.3 Å². The smallest absolute Gasteiger partial charge is 0.0940 e. The van der Waals surface area contributed by atoms with Crippen LogP contribution in [0.15, 0.2) is 28.7 Å². The highest BCUT2D eigenvalue weighted by atomic mass is 79.9. The summed E-state index contributed by atoms with van der Waals surface area (Å²) in [5, 5.41) is 13.5. The van der Waals surface area contributed by atoms with Gasteiger partial charge in [0.2, 0.25) is 0 Å². The fraction of sp³-hybridized carbons (Fsp3) is 0.538. The Labute approximate surface area is 106 Å². The number of benzene rings is 1. The summed E-state index contributed by atoms with van der Waals surface area (Å²) in [7, 11) is 0. The lowest BCUT2D eigenvalue weighted by atomic mass is 10.0. The topological polar surface area (TPSA) is 32.3 Å². The quantitative estimate of drug-likeness (QED) is 0.870. The fourth-order valence-corrected chi connectivity index (χ4v) is 1.87. The maximum absolute atomic E-state index is 10.1. The number of hydrogen-bond donors (Lipinski definition) is 2. The highest BCUT2D eigenvalue weighted by Gasteiger charge is 2.17. The van der Waals surface area contributed by atoms with E-state index < -0.39 is 6.10 Å². The molecule has 3 atom stereocenters. The van der Waals surface area contributed by atoms with E-state index >= 15 is 0 Å². The first-order valence-corrected chi connectivity index (χ1v) is 6.53. The highest BCUT2D eigenvalue weighted by Crippen LogP contribution is 2.19. The number of halogens is 1. The molecular formula is C13H20BrNO. The van der Waals surface area contributed by atoms with E-state index in [4.69, 9.17) is 0 Å². The summed E-state index contributed by atoms with van der Waals surface area (Å²) >= 11 is 3.39. The Balaban J connectivity index is 2.62. The van der Waals surface area contributed by atoms with Crippen molar-refractivity contribution in [2.45, 2.75) is 45.4 Å². The lowest BCUT2D eigenvalue weighted by Gasteiger charge is -2.24. The van der Waals surface area contributed by atoms with Crippen molar-refractivity contribution in [1.29, 1.82) is 0 Å². The Morgan fingerprint density at radius 3 is 2.31 bits per heavy atom. The minimum Gasteiger partial charge on any atom is -0.387 e. The van der Waals surface area contributed by atoms with E-state index in [1.807, 2.05) is 31.2 Å². The molecule has 16 heavy (non-hydrogen) atoms. The SMILES string of the molecule is CCC(C)NC(C)C(O)c1ccc(Br)cc1. The monoisotopic (exact) mass is 285 g/mol. The number of nitrogens with one attached hydrogen (secondary N) is 1. The second-order valence-electron chi connectivity index (χ2n) is 4.26. The molecule has 0 saturated heterocycles. The van der Waals surface area contributed by atoms with Crippen molar-refractivity contribution >= 4 is 15.9 Å². The highest BCUT2D eigenvalue weighted by molar-refractivity contribution is 9.10. The molecule has 0 fully saturated rings. The van der Waals surface area contributed by atoms with E-state index in [1.165, 1.54) is 0 Å². The van der Waals surface area contributed by atoms with Gasteiger partial charge in [-0.3, -0.25) is 0 Å².